The van der Waals surface area contributed by atoms with E-state index in [0.29, 0.717) is 43.3 Å². The van der Waals surface area contributed by atoms with Crippen molar-refractivity contribution in [1.82, 2.24) is 4.90 Å². The molecule has 21 heavy (non-hydrogen) atoms. The molecule has 2 saturated heterocycles. The summed E-state index contributed by atoms with van der Waals surface area (Å²) in [5.41, 5.74) is -0.0436. The Kier molecular flexibility index (Phi) is 5.67. The number of hydrogen-bond acceptors (Lipinski definition) is 3. The minimum atomic E-state index is -0.0436. The molecule has 0 aromatic rings. The van der Waals surface area contributed by atoms with E-state index in [9.17, 15) is 4.79 Å². The van der Waals surface area contributed by atoms with Crippen LogP contribution in [0.4, 0.5) is 0 Å². The average Bonchev–Trinajstić information content (AvgIpc) is 2.44. The molecule has 0 aromatic carbocycles. The molecule has 122 valence electrons. The zero-order valence-electron chi connectivity index (χ0n) is 14.1. The van der Waals surface area contributed by atoms with Crippen LogP contribution in [0.25, 0.3) is 0 Å². The highest BCUT2D eigenvalue weighted by Crippen LogP contribution is 2.38. The maximum absolute atomic E-state index is 12.6. The summed E-state index contributed by atoms with van der Waals surface area (Å²) in [6.45, 7) is 12.5. The summed E-state index contributed by atoms with van der Waals surface area (Å²) in [4.78, 5) is 14.5. The van der Waals surface area contributed by atoms with Crippen molar-refractivity contribution < 1.29 is 14.3 Å². The molecule has 0 N–H and O–H groups in total. The molecule has 0 spiro atoms. The first-order chi connectivity index (χ1) is 9.89. The summed E-state index contributed by atoms with van der Waals surface area (Å²) in [5, 5.41) is 0. The number of ether oxygens (including phenoxy) is 2. The van der Waals surface area contributed by atoms with Gasteiger partial charge in [-0.2, -0.15) is 0 Å². The van der Waals surface area contributed by atoms with Crippen molar-refractivity contribution in [2.24, 2.45) is 17.8 Å². The van der Waals surface area contributed by atoms with Gasteiger partial charge in [0.25, 0.3) is 0 Å². The Hall–Kier alpha value is -0.610. The van der Waals surface area contributed by atoms with Gasteiger partial charge >= 0.3 is 0 Å². The van der Waals surface area contributed by atoms with Crippen LogP contribution < -0.4 is 0 Å². The van der Waals surface area contributed by atoms with Crippen molar-refractivity contribution in [3.8, 4) is 0 Å². The third kappa shape index (κ3) is 4.68. The van der Waals surface area contributed by atoms with E-state index < -0.39 is 0 Å². The molecule has 0 radical (unpaired) electrons. The molecule has 0 bridgehead atoms. The molecule has 2 rings (SSSR count). The smallest absolute Gasteiger partial charge is 0.223 e. The van der Waals surface area contributed by atoms with E-state index in [1.165, 1.54) is 0 Å². The second-order valence-electron chi connectivity index (χ2n) is 7.47. The van der Waals surface area contributed by atoms with Crippen LogP contribution in [0.2, 0.25) is 0 Å². The van der Waals surface area contributed by atoms with Crippen molar-refractivity contribution in [2.75, 3.05) is 32.9 Å². The van der Waals surface area contributed by atoms with Gasteiger partial charge in [-0.25, -0.2) is 0 Å². The van der Waals surface area contributed by atoms with Gasteiger partial charge in [0.2, 0.25) is 5.91 Å². The largest absolute Gasteiger partial charge is 0.378 e. The Morgan fingerprint density at radius 3 is 2.48 bits per heavy atom. The number of rotatable bonds is 4. The van der Waals surface area contributed by atoms with E-state index in [1.807, 2.05) is 4.90 Å². The third-order valence-corrected chi connectivity index (χ3v) is 4.97. The molecule has 4 heteroatoms. The molecule has 1 amide bonds. The zero-order valence-corrected chi connectivity index (χ0v) is 14.1. The Labute approximate surface area is 129 Å². The van der Waals surface area contributed by atoms with Gasteiger partial charge < -0.3 is 14.4 Å². The van der Waals surface area contributed by atoms with E-state index in [2.05, 4.69) is 27.7 Å². The van der Waals surface area contributed by atoms with Crippen molar-refractivity contribution in [3.05, 3.63) is 0 Å². The monoisotopic (exact) mass is 297 g/mol. The van der Waals surface area contributed by atoms with E-state index in [0.717, 1.165) is 32.5 Å². The third-order valence-electron chi connectivity index (χ3n) is 4.97. The number of carbonyl (C=O) groups is 1. The van der Waals surface area contributed by atoms with Gasteiger partial charge in [-0.1, -0.05) is 13.8 Å². The fourth-order valence-corrected chi connectivity index (χ4v) is 3.73. The van der Waals surface area contributed by atoms with Crippen LogP contribution in [-0.4, -0.2) is 49.3 Å². The van der Waals surface area contributed by atoms with Gasteiger partial charge in [-0.15, -0.1) is 0 Å². The van der Waals surface area contributed by atoms with Crippen LogP contribution >= 0.6 is 0 Å². The van der Waals surface area contributed by atoms with Gasteiger partial charge in [0.15, 0.2) is 0 Å². The normalized spacial score (nSPS) is 27.7. The van der Waals surface area contributed by atoms with Crippen molar-refractivity contribution in [1.29, 1.82) is 0 Å². The number of nitrogens with zero attached hydrogens (tertiary/aromatic N) is 1. The molecule has 2 atom stereocenters. The van der Waals surface area contributed by atoms with Crippen LogP contribution in [-0.2, 0) is 14.3 Å². The predicted octanol–water partition coefficient (Wildman–Crippen LogP) is 2.71. The van der Waals surface area contributed by atoms with Crippen LogP contribution in [0.1, 0.15) is 47.0 Å². The average molecular weight is 297 g/mol. The van der Waals surface area contributed by atoms with E-state index in [1.54, 1.807) is 0 Å². The lowest BCUT2D eigenvalue weighted by atomic mass is 9.73. The molecular weight excluding hydrogens is 266 g/mol. The van der Waals surface area contributed by atoms with E-state index in [4.69, 9.17) is 9.47 Å². The Bertz CT molecular complexity index is 348. The highest BCUT2D eigenvalue weighted by molar-refractivity contribution is 5.76. The highest BCUT2D eigenvalue weighted by atomic mass is 16.5. The predicted molar refractivity (Wildman–Crippen MR) is 83.1 cm³/mol. The molecule has 2 aliphatic heterocycles. The van der Waals surface area contributed by atoms with Crippen molar-refractivity contribution in [2.45, 2.75) is 52.6 Å². The molecule has 0 unspecified atom stereocenters. The van der Waals surface area contributed by atoms with Crippen molar-refractivity contribution >= 4 is 5.91 Å². The summed E-state index contributed by atoms with van der Waals surface area (Å²) < 4.78 is 11.2. The lowest BCUT2D eigenvalue weighted by molar-refractivity contribution is -0.139. The van der Waals surface area contributed by atoms with Crippen LogP contribution in [0.3, 0.4) is 0 Å². The molecule has 0 saturated carbocycles. The topological polar surface area (TPSA) is 38.8 Å². The second-order valence-corrected chi connectivity index (χ2v) is 7.47. The van der Waals surface area contributed by atoms with Gasteiger partial charge in [0.1, 0.15) is 0 Å². The maximum Gasteiger partial charge on any atom is 0.223 e. The molecule has 0 aromatic heterocycles. The van der Waals surface area contributed by atoms with E-state index >= 15 is 0 Å². The first kappa shape index (κ1) is 16.8. The zero-order chi connectivity index (χ0) is 15.5. The molecule has 4 nitrogen and oxygen atoms in total. The van der Waals surface area contributed by atoms with Crippen LogP contribution in [0.15, 0.2) is 0 Å². The van der Waals surface area contributed by atoms with Crippen LogP contribution in [0.5, 0.6) is 0 Å². The van der Waals surface area contributed by atoms with Gasteiger partial charge in [0.05, 0.1) is 18.8 Å². The van der Waals surface area contributed by atoms with Crippen LogP contribution in [0, 0.1) is 17.8 Å². The number of carbonyl (C=O) groups excluding carboxylic acids is 1. The van der Waals surface area contributed by atoms with Gasteiger partial charge in [0, 0.05) is 26.1 Å². The first-order valence-electron chi connectivity index (χ1n) is 8.38. The summed E-state index contributed by atoms with van der Waals surface area (Å²) in [6.07, 6.45) is 2.83. The summed E-state index contributed by atoms with van der Waals surface area (Å²) in [6, 6.07) is 0. The first-order valence-corrected chi connectivity index (χ1v) is 8.38. The van der Waals surface area contributed by atoms with E-state index in [-0.39, 0.29) is 5.60 Å². The Morgan fingerprint density at radius 2 is 1.90 bits per heavy atom. The summed E-state index contributed by atoms with van der Waals surface area (Å²) in [5.74, 6) is 1.90. The summed E-state index contributed by atoms with van der Waals surface area (Å²) in [7, 11) is 0. The summed E-state index contributed by atoms with van der Waals surface area (Å²) >= 11 is 0. The minimum Gasteiger partial charge on any atom is -0.378 e. The minimum absolute atomic E-state index is 0.0436. The number of hydrogen-bond donors (Lipinski definition) is 0. The molecule has 2 aliphatic rings. The lowest BCUT2D eigenvalue weighted by Gasteiger charge is -2.41. The molecule has 0 aliphatic carbocycles. The SMILES string of the molecule is CC(C)[C@@H](CC(=O)N1CCOCC1)[C@@H]1CCOC(C)(C)C1. The van der Waals surface area contributed by atoms with Gasteiger partial charge in [-0.3, -0.25) is 4.79 Å². The Morgan fingerprint density at radius 1 is 1.24 bits per heavy atom. The molecule has 2 heterocycles. The standard InChI is InChI=1S/C17H31NO3/c1-13(2)15(14-5-8-21-17(3,4)12-14)11-16(19)18-6-9-20-10-7-18/h13-15H,5-12H2,1-4H3/t14-,15-/m1/s1. The van der Waals surface area contributed by atoms with Gasteiger partial charge in [-0.05, 0) is 44.4 Å². The Balaban J connectivity index is 1.96. The molecular formula is C17H31NO3. The highest BCUT2D eigenvalue weighted by Gasteiger charge is 2.36. The fourth-order valence-electron chi connectivity index (χ4n) is 3.73. The van der Waals surface area contributed by atoms with Crippen molar-refractivity contribution in [3.63, 3.8) is 0 Å². The quantitative estimate of drug-likeness (QED) is 0.801. The number of morpholine rings is 1. The fraction of sp³-hybridized carbons (Fsp3) is 0.941. The lowest BCUT2D eigenvalue weighted by Crippen LogP contribution is -2.43. The maximum atomic E-state index is 12.6. The molecule has 2 fully saturated rings. The number of amides is 1. The second kappa shape index (κ2) is 7.10.